The van der Waals surface area contributed by atoms with Gasteiger partial charge in [0.05, 0.1) is 12.1 Å². The van der Waals surface area contributed by atoms with Crippen molar-refractivity contribution in [3.8, 4) is 0 Å². The van der Waals surface area contributed by atoms with Crippen LogP contribution < -0.4 is 5.32 Å². The molecule has 16 heavy (non-hydrogen) atoms. The number of hydrogen-bond donors (Lipinski definition) is 1. The summed E-state index contributed by atoms with van der Waals surface area (Å²) in [6.07, 6.45) is 0.981. The number of benzene rings is 1. The molecule has 1 amide bonds. The normalized spacial score (nSPS) is 32.6. The molecule has 1 saturated carbocycles. The Morgan fingerprint density at radius 3 is 3.19 bits per heavy atom. The van der Waals surface area contributed by atoms with Gasteiger partial charge in [-0.15, -0.1) is 0 Å². The van der Waals surface area contributed by atoms with Crippen LogP contribution in [0.3, 0.4) is 0 Å². The molecule has 1 aromatic carbocycles. The summed E-state index contributed by atoms with van der Waals surface area (Å²) in [6.45, 7) is 0.859. The van der Waals surface area contributed by atoms with Gasteiger partial charge in [-0.2, -0.15) is 0 Å². The van der Waals surface area contributed by atoms with Crippen LogP contribution in [0, 0.1) is 5.92 Å². The predicted octanol–water partition coefficient (Wildman–Crippen LogP) is 1.81. The molecule has 1 aromatic rings. The maximum atomic E-state index is 11.5. The fourth-order valence-corrected chi connectivity index (χ4v) is 2.85. The Kier molecular flexibility index (Phi) is 2.30. The SMILES string of the molecule is O=C1COC[C@@H]2C[C@]2(c2cccc(Br)c2)N1. The molecule has 2 atom stereocenters. The number of nitrogens with one attached hydrogen (secondary N) is 1. The van der Waals surface area contributed by atoms with Crippen molar-refractivity contribution in [1.82, 2.24) is 5.32 Å². The van der Waals surface area contributed by atoms with E-state index in [1.807, 2.05) is 12.1 Å². The van der Waals surface area contributed by atoms with Crippen molar-refractivity contribution in [2.24, 2.45) is 5.92 Å². The molecular formula is C12H12BrNO2. The molecule has 3 rings (SSSR count). The van der Waals surface area contributed by atoms with E-state index in [9.17, 15) is 4.79 Å². The highest BCUT2D eigenvalue weighted by atomic mass is 79.9. The first kappa shape index (κ1) is 10.3. The molecule has 3 nitrogen and oxygen atoms in total. The molecule has 1 N–H and O–H groups in total. The van der Waals surface area contributed by atoms with E-state index in [1.54, 1.807) is 0 Å². The molecule has 0 spiro atoms. The highest BCUT2D eigenvalue weighted by molar-refractivity contribution is 9.10. The summed E-state index contributed by atoms with van der Waals surface area (Å²) < 4.78 is 6.36. The fourth-order valence-electron chi connectivity index (χ4n) is 2.45. The van der Waals surface area contributed by atoms with Crippen molar-refractivity contribution >= 4 is 21.8 Å². The van der Waals surface area contributed by atoms with E-state index in [4.69, 9.17) is 4.74 Å². The second-order valence-electron chi connectivity index (χ2n) is 4.45. The second kappa shape index (κ2) is 3.57. The first-order chi connectivity index (χ1) is 7.71. The highest BCUT2D eigenvalue weighted by Gasteiger charge is 2.57. The van der Waals surface area contributed by atoms with Crippen LogP contribution in [0.2, 0.25) is 0 Å². The van der Waals surface area contributed by atoms with Gasteiger partial charge in [-0.1, -0.05) is 28.1 Å². The third-order valence-corrected chi connectivity index (χ3v) is 3.85. The molecule has 0 radical (unpaired) electrons. The van der Waals surface area contributed by atoms with E-state index in [2.05, 4.69) is 33.4 Å². The van der Waals surface area contributed by atoms with E-state index in [0.29, 0.717) is 12.5 Å². The monoisotopic (exact) mass is 281 g/mol. The van der Waals surface area contributed by atoms with Gasteiger partial charge in [-0.05, 0) is 24.1 Å². The number of halogens is 1. The van der Waals surface area contributed by atoms with Crippen LogP contribution in [0.25, 0.3) is 0 Å². The van der Waals surface area contributed by atoms with Crippen LogP contribution in [0.4, 0.5) is 0 Å². The summed E-state index contributed by atoms with van der Waals surface area (Å²) in [5.41, 5.74) is 1.00. The Morgan fingerprint density at radius 2 is 2.38 bits per heavy atom. The Balaban J connectivity index is 1.96. The zero-order chi connectivity index (χ0) is 11.2. The quantitative estimate of drug-likeness (QED) is 0.853. The lowest BCUT2D eigenvalue weighted by Gasteiger charge is -2.17. The second-order valence-corrected chi connectivity index (χ2v) is 5.36. The van der Waals surface area contributed by atoms with E-state index in [1.165, 1.54) is 5.56 Å². The Morgan fingerprint density at radius 1 is 1.50 bits per heavy atom. The van der Waals surface area contributed by atoms with Gasteiger partial charge in [0.15, 0.2) is 0 Å². The standard InChI is InChI=1S/C12H12BrNO2/c13-10-3-1-2-8(4-10)12-5-9(12)6-16-7-11(15)14-12/h1-4,9H,5-7H2,(H,14,15)/t9-,12+/m0/s1. The van der Waals surface area contributed by atoms with Gasteiger partial charge >= 0.3 is 0 Å². The average Bonchev–Trinajstić information content (AvgIpc) is 2.93. The van der Waals surface area contributed by atoms with Gasteiger partial charge in [0.25, 0.3) is 0 Å². The maximum Gasteiger partial charge on any atom is 0.246 e. The topological polar surface area (TPSA) is 38.3 Å². The molecule has 0 aromatic heterocycles. The van der Waals surface area contributed by atoms with Crippen LogP contribution >= 0.6 is 15.9 Å². The molecule has 2 aliphatic rings. The minimum absolute atomic E-state index is 0.0139. The summed E-state index contributed by atoms with van der Waals surface area (Å²) in [6, 6.07) is 8.13. The number of amides is 1. The van der Waals surface area contributed by atoms with Crippen LogP contribution in [-0.2, 0) is 15.1 Å². The third kappa shape index (κ3) is 1.57. The van der Waals surface area contributed by atoms with Crippen LogP contribution in [0.1, 0.15) is 12.0 Å². The molecule has 4 heteroatoms. The summed E-state index contributed by atoms with van der Waals surface area (Å²) in [5, 5.41) is 3.09. The van der Waals surface area contributed by atoms with Gasteiger partial charge in [0.2, 0.25) is 5.91 Å². The van der Waals surface area contributed by atoms with Crippen LogP contribution in [0.5, 0.6) is 0 Å². The summed E-state index contributed by atoms with van der Waals surface area (Å²) in [5.74, 6) is 0.410. The number of ether oxygens (including phenoxy) is 1. The van der Waals surface area contributed by atoms with E-state index in [0.717, 1.165) is 10.9 Å². The lowest BCUT2D eigenvalue weighted by Crippen LogP contribution is -2.36. The molecule has 1 aliphatic heterocycles. The fraction of sp³-hybridized carbons (Fsp3) is 0.417. The Hall–Kier alpha value is -0.870. The number of fused-ring (bicyclic) bond motifs is 1. The van der Waals surface area contributed by atoms with Gasteiger partial charge in [-0.3, -0.25) is 4.79 Å². The zero-order valence-corrected chi connectivity index (χ0v) is 10.3. The van der Waals surface area contributed by atoms with Crippen molar-refractivity contribution in [2.75, 3.05) is 13.2 Å². The Labute approximate surface area is 102 Å². The van der Waals surface area contributed by atoms with Gasteiger partial charge in [0, 0.05) is 10.4 Å². The van der Waals surface area contributed by atoms with Crippen LogP contribution in [-0.4, -0.2) is 19.1 Å². The Bertz CT molecular complexity index is 448. The molecule has 0 unspecified atom stereocenters. The maximum absolute atomic E-state index is 11.5. The van der Waals surface area contributed by atoms with Crippen molar-refractivity contribution in [3.05, 3.63) is 34.3 Å². The van der Waals surface area contributed by atoms with Gasteiger partial charge in [0.1, 0.15) is 6.61 Å². The minimum Gasteiger partial charge on any atom is -0.371 e. The molecule has 1 aliphatic carbocycles. The van der Waals surface area contributed by atoms with Gasteiger partial charge < -0.3 is 10.1 Å². The largest absolute Gasteiger partial charge is 0.371 e. The highest BCUT2D eigenvalue weighted by Crippen LogP contribution is 2.53. The molecule has 1 saturated heterocycles. The van der Waals surface area contributed by atoms with Crippen molar-refractivity contribution in [1.29, 1.82) is 0 Å². The van der Waals surface area contributed by atoms with E-state index >= 15 is 0 Å². The minimum atomic E-state index is -0.169. The average molecular weight is 282 g/mol. The number of carbonyl (C=O) groups excluding carboxylic acids is 1. The van der Waals surface area contributed by atoms with Crippen LogP contribution in [0.15, 0.2) is 28.7 Å². The van der Waals surface area contributed by atoms with Gasteiger partial charge in [-0.25, -0.2) is 0 Å². The lowest BCUT2D eigenvalue weighted by atomic mass is 10.0. The first-order valence-electron chi connectivity index (χ1n) is 5.35. The van der Waals surface area contributed by atoms with E-state index < -0.39 is 0 Å². The molecule has 84 valence electrons. The smallest absolute Gasteiger partial charge is 0.246 e. The van der Waals surface area contributed by atoms with Crippen molar-refractivity contribution in [3.63, 3.8) is 0 Å². The third-order valence-electron chi connectivity index (χ3n) is 3.36. The molecule has 0 bridgehead atoms. The summed E-state index contributed by atoms with van der Waals surface area (Å²) in [7, 11) is 0. The first-order valence-corrected chi connectivity index (χ1v) is 6.15. The lowest BCUT2D eigenvalue weighted by molar-refractivity contribution is -0.125. The van der Waals surface area contributed by atoms with E-state index in [-0.39, 0.29) is 18.1 Å². The molecule has 2 fully saturated rings. The van der Waals surface area contributed by atoms with Crippen molar-refractivity contribution < 1.29 is 9.53 Å². The van der Waals surface area contributed by atoms with Crippen molar-refractivity contribution in [2.45, 2.75) is 12.0 Å². The predicted molar refractivity (Wildman–Crippen MR) is 62.9 cm³/mol. The number of carbonyl (C=O) groups is 1. The molecular weight excluding hydrogens is 270 g/mol. The molecule has 1 heterocycles. The number of hydrogen-bond acceptors (Lipinski definition) is 2. The summed E-state index contributed by atoms with van der Waals surface area (Å²) in [4.78, 5) is 11.5. The summed E-state index contributed by atoms with van der Waals surface area (Å²) >= 11 is 3.46. The zero-order valence-electron chi connectivity index (χ0n) is 8.70. The number of rotatable bonds is 1.